The van der Waals surface area contributed by atoms with Crippen LogP contribution >= 0.6 is 0 Å². The molecule has 0 heterocycles. The molecule has 0 spiro atoms. The van der Waals surface area contributed by atoms with E-state index in [0.717, 1.165) is 30.9 Å². The van der Waals surface area contributed by atoms with Crippen molar-refractivity contribution in [2.24, 2.45) is 11.8 Å². The normalized spacial score (nSPS) is 24.0. The molecule has 3 unspecified atom stereocenters. The van der Waals surface area contributed by atoms with Gasteiger partial charge >= 0.3 is 0 Å². The molecule has 0 amide bonds. The standard InChI is InChI=1S/C22H27NO3/c1-25-20-8-3-14(9-21(20)26-2)13-23-22-16-4-5-17(22)11-18-12-19(24)7-6-15(18)10-16/h3,6-9,12,16-17,22-24H,4-5,10-11,13H2,1-2H3. The Morgan fingerprint density at radius 2 is 1.65 bits per heavy atom. The molecule has 0 aromatic heterocycles. The van der Waals surface area contributed by atoms with Crippen molar-refractivity contribution in [2.45, 2.75) is 38.3 Å². The van der Waals surface area contributed by atoms with E-state index in [-0.39, 0.29) is 0 Å². The first-order chi connectivity index (χ1) is 12.7. The Morgan fingerprint density at radius 1 is 0.923 bits per heavy atom. The Bertz CT molecular complexity index is 789. The molecule has 4 nitrogen and oxygen atoms in total. The van der Waals surface area contributed by atoms with Gasteiger partial charge in [-0.05, 0) is 78.5 Å². The van der Waals surface area contributed by atoms with Gasteiger partial charge in [-0.3, -0.25) is 0 Å². The predicted octanol–water partition coefficient (Wildman–Crippen LogP) is 3.69. The van der Waals surface area contributed by atoms with Gasteiger partial charge in [0.1, 0.15) is 5.75 Å². The topological polar surface area (TPSA) is 50.7 Å². The first-order valence-corrected chi connectivity index (χ1v) is 9.43. The molecule has 26 heavy (non-hydrogen) atoms. The van der Waals surface area contributed by atoms with Crippen LogP contribution in [0.25, 0.3) is 0 Å². The van der Waals surface area contributed by atoms with Crippen molar-refractivity contribution in [3.05, 3.63) is 53.1 Å². The first-order valence-electron chi connectivity index (χ1n) is 9.43. The molecule has 0 aliphatic heterocycles. The number of methoxy groups -OCH3 is 2. The molecule has 2 aromatic rings. The Labute approximate surface area is 155 Å². The predicted molar refractivity (Wildman–Crippen MR) is 102 cm³/mol. The van der Waals surface area contributed by atoms with Crippen LogP contribution in [0.4, 0.5) is 0 Å². The van der Waals surface area contributed by atoms with Crippen molar-refractivity contribution in [1.29, 1.82) is 0 Å². The maximum atomic E-state index is 9.82. The second kappa shape index (κ2) is 7.20. The lowest BCUT2D eigenvalue weighted by molar-refractivity contribution is 0.338. The van der Waals surface area contributed by atoms with Crippen LogP contribution in [0, 0.1) is 11.8 Å². The summed E-state index contributed by atoms with van der Waals surface area (Å²) < 4.78 is 10.7. The Morgan fingerprint density at radius 3 is 2.38 bits per heavy atom. The summed E-state index contributed by atoms with van der Waals surface area (Å²) >= 11 is 0. The minimum Gasteiger partial charge on any atom is -0.508 e. The average molecular weight is 353 g/mol. The van der Waals surface area contributed by atoms with E-state index in [9.17, 15) is 5.11 Å². The minimum atomic E-state index is 0.386. The molecule has 0 saturated heterocycles. The molecule has 2 aromatic carbocycles. The van der Waals surface area contributed by atoms with E-state index in [2.05, 4.69) is 23.5 Å². The fourth-order valence-corrected chi connectivity index (χ4v) is 4.76. The van der Waals surface area contributed by atoms with E-state index in [4.69, 9.17) is 9.47 Å². The highest BCUT2D eigenvalue weighted by molar-refractivity contribution is 5.43. The monoisotopic (exact) mass is 353 g/mol. The SMILES string of the molecule is COc1ccc(CNC2C3CCC2Cc2cc(O)ccc2C3)cc1OC. The number of hydrogen-bond donors (Lipinski definition) is 2. The molecule has 2 aliphatic rings. The van der Waals surface area contributed by atoms with Gasteiger partial charge in [0.05, 0.1) is 14.2 Å². The van der Waals surface area contributed by atoms with Crippen LogP contribution in [0.5, 0.6) is 17.2 Å². The van der Waals surface area contributed by atoms with E-state index in [1.54, 1.807) is 14.2 Å². The van der Waals surface area contributed by atoms with Crippen LogP contribution in [0.3, 0.4) is 0 Å². The first kappa shape index (κ1) is 17.2. The molecular formula is C22H27NO3. The van der Waals surface area contributed by atoms with E-state index in [1.165, 1.54) is 29.5 Å². The van der Waals surface area contributed by atoms with Crippen molar-refractivity contribution in [3.63, 3.8) is 0 Å². The number of phenolic OH excluding ortho intramolecular Hbond substituents is 1. The summed E-state index contributed by atoms with van der Waals surface area (Å²) in [4.78, 5) is 0. The average Bonchev–Trinajstić information content (AvgIpc) is 2.94. The minimum absolute atomic E-state index is 0.386. The molecule has 2 aliphatic carbocycles. The van der Waals surface area contributed by atoms with Crippen LogP contribution in [-0.4, -0.2) is 25.4 Å². The molecule has 0 radical (unpaired) electrons. The summed E-state index contributed by atoms with van der Waals surface area (Å²) in [5.74, 6) is 3.24. The van der Waals surface area contributed by atoms with Crippen LogP contribution in [-0.2, 0) is 19.4 Å². The van der Waals surface area contributed by atoms with Crippen LogP contribution in [0.1, 0.15) is 29.5 Å². The van der Waals surface area contributed by atoms with E-state index in [0.29, 0.717) is 23.6 Å². The Kier molecular flexibility index (Phi) is 4.77. The van der Waals surface area contributed by atoms with Crippen molar-refractivity contribution in [3.8, 4) is 17.2 Å². The molecule has 1 fully saturated rings. The quantitative estimate of drug-likeness (QED) is 0.861. The largest absolute Gasteiger partial charge is 0.508 e. The number of rotatable bonds is 5. The molecule has 2 N–H and O–H groups in total. The van der Waals surface area contributed by atoms with Gasteiger partial charge in [-0.15, -0.1) is 0 Å². The highest BCUT2D eigenvalue weighted by Crippen LogP contribution is 2.41. The van der Waals surface area contributed by atoms with Gasteiger partial charge in [0.25, 0.3) is 0 Å². The van der Waals surface area contributed by atoms with Gasteiger partial charge < -0.3 is 19.9 Å². The third kappa shape index (κ3) is 3.26. The maximum Gasteiger partial charge on any atom is 0.161 e. The zero-order chi connectivity index (χ0) is 18.1. The molecule has 4 heteroatoms. The molecule has 1 saturated carbocycles. The summed E-state index contributed by atoms with van der Waals surface area (Å²) in [6, 6.07) is 12.5. The highest BCUT2D eigenvalue weighted by Gasteiger charge is 2.38. The van der Waals surface area contributed by atoms with E-state index < -0.39 is 0 Å². The smallest absolute Gasteiger partial charge is 0.161 e. The molecule has 2 bridgehead atoms. The number of nitrogens with one attached hydrogen (secondary N) is 1. The Hall–Kier alpha value is -2.20. The van der Waals surface area contributed by atoms with E-state index in [1.807, 2.05) is 18.2 Å². The maximum absolute atomic E-state index is 9.82. The number of hydrogen-bond acceptors (Lipinski definition) is 4. The van der Waals surface area contributed by atoms with Gasteiger partial charge in [-0.1, -0.05) is 12.1 Å². The third-order valence-electron chi connectivity index (χ3n) is 6.07. The fraction of sp³-hybridized carbons (Fsp3) is 0.455. The summed E-state index contributed by atoms with van der Waals surface area (Å²) in [5, 5.41) is 13.6. The lowest BCUT2D eigenvalue weighted by Crippen LogP contribution is -2.37. The lowest BCUT2D eigenvalue weighted by atomic mass is 9.93. The van der Waals surface area contributed by atoms with Crippen LogP contribution in [0.15, 0.2) is 36.4 Å². The van der Waals surface area contributed by atoms with Gasteiger partial charge in [0, 0.05) is 12.6 Å². The van der Waals surface area contributed by atoms with Gasteiger partial charge in [0.2, 0.25) is 0 Å². The lowest BCUT2D eigenvalue weighted by Gasteiger charge is -2.24. The van der Waals surface area contributed by atoms with Crippen molar-refractivity contribution in [1.82, 2.24) is 5.32 Å². The summed E-state index contributed by atoms with van der Waals surface area (Å²) in [6.45, 7) is 0.833. The molecule has 3 atom stereocenters. The van der Waals surface area contributed by atoms with Crippen molar-refractivity contribution < 1.29 is 14.6 Å². The molecule has 138 valence electrons. The molecule has 4 rings (SSSR count). The second-order valence-electron chi connectivity index (χ2n) is 7.55. The van der Waals surface area contributed by atoms with Crippen LogP contribution in [0.2, 0.25) is 0 Å². The number of benzene rings is 2. The number of phenols is 1. The highest BCUT2D eigenvalue weighted by atomic mass is 16.5. The summed E-state index contributed by atoms with van der Waals surface area (Å²) in [6.07, 6.45) is 4.72. The number of ether oxygens (including phenoxy) is 2. The van der Waals surface area contributed by atoms with E-state index >= 15 is 0 Å². The third-order valence-corrected chi connectivity index (χ3v) is 6.07. The van der Waals surface area contributed by atoms with Gasteiger partial charge in [-0.2, -0.15) is 0 Å². The molecular weight excluding hydrogens is 326 g/mol. The zero-order valence-electron chi connectivity index (χ0n) is 15.5. The fourth-order valence-electron chi connectivity index (χ4n) is 4.76. The van der Waals surface area contributed by atoms with Gasteiger partial charge in [-0.25, -0.2) is 0 Å². The summed E-state index contributed by atoms with van der Waals surface area (Å²) in [7, 11) is 3.34. The van der Waals surface area contributed by atoms with Crippen molar-refractivity contribution in [2.75, 3.05) is 14.2 Å². The van der Waals surface area contributed by atoms with Crippen LogP contribution < -0.4 is 14.8 Å². The zero-order valence-corrected chi connectivity index (χ0v) is 15.5. The Balaban J connectivity index is 1.48. The van der Waals surface area contributed by atoms with Gasteiger partial charge in [0.15, 0.2) is 11.5 Å². The second-order valence-corrected chi connectivity index (χ2v) is 7.55. The number of fused-ring (bicyclic) bond motifs is 3. The number of aromatic hydroxyl groups is 1. The summed E-state index contributed by atoms with van der Waals surface area (Å²) in [5.41, 5.74) is 3.95. The van der Waals surface area contributed by atoms with Crippen molar-refractivity contribution >= 4 is 0 Å².